The van der Waals surface area contributed by atoms with Gasteiger partial charge in [-0.15, -0.1) is 0 Å². The molecule has 1 atom stereocenters. The summed E-state index contributed by atoms with van der Waals surface area (Å²) in [5.74, 6) is 1.89. The van der Waals surface area contributed by atoms with Crippen molar-refractivity contribution in [3.05, 3.63) is 53.1 Å². The van der Waals surface area contributed by atoms with Gasteiger partial charge in [-0.05, 0) is 56.7 Å². The molecule has 0 aliphatic carbocycles. The van der Waals surface area contributed by atoms with E-state index in [0.717, 1.165) is 5.56 Å². The minimum atomic E-state index is -0.161. The number of amides is 1. The van der Waals surface area contributed by atoms with Gasteiger partial charge in [0, 0.05) is 5.02 Å². The van der Waals surface area contributed by atoms with Crippen LogP contribution in [0.3, 0.4) is 0 Å². The van der Waals surface area contributed by atoms with Crippen LogP contribution < -0.4 is 19.5 Å². The van der Waals surface area contributed by atoms with Crippen molar-refractivity contribution in [1.82, 2.24) is 5.32 Å². The zero-order valence-corrected chi connectivity index (χ0v) is 16.9. The SMILES string of the molecule is COc1cc(C(C)NC(=O)CCOc2cccc(Cl)c2)ccc1OC(C)C. The summed E-state index contributed by atoms with van der Waals surface area (Å²) in [6, 6.07) is 12.6. The summed E-state index contributed by atoms with van der Waals surface area (Å²) in [6.07, 6.45) is 0.309. The summed E-state index contributed by atoms with van der Waals surface area (Å²) in [7, 11) is 1.60. The number of benzene rings is 2. The van der Waals surface area contributed by atoms with Crippen LogP contribution in [0.25, 0.3) is 0 Å². The first kappa shape index (κ1) is 20.9. The first-order valence-electron chi connectivity index (χ1n) is 8.91. The average molecular weight is 392 g/mol. The van der Waals surface area contributed by atoms with E-state index in [1.807, 2.05) is 39.0 Å². The lowest BCUT2D eigenvalue weighted by molar-refractivity contribution is -0.122. The van der Waals surface area contributed by atoms with Gasteiger partial charge in [-0.25, -0.2) is 0 Å². The van der Waals surface area contributed by atoms with Crippen molar-refractivity contribution >= 4 is 17.5 Å². The van der Waals surface area contributed by atoms with Gasteiger partial charge >= 0.3 is 0 Å². The molecule has 0 spiro atoms. The fourth-order valence-electron chi connectivity index (χ4n) is 2.52. The molecule has 0 aromatic heterocycles. The highest BCUT2D eigenvalue weighted by Crippen LogP contribution is 2.31. The summed E-state index contributed by atoms with van der Waals surface area (Å²) in [5, 5.41) is 3.57. The van der Waals surface area contributed by atoms with E-state index in [1.165, 1.54) is 0 Å². The van der Waals surface area contributed by atoms with Crippen molar-refractivity contribution in [1.29, 1.82) is 0 Å². The maximum absolute atomic E-state index is 12.2. The number of carbonyl (C=O) groups is 1. The molecule has 2 aromatic carbocycles. The molecular weight excluding hydrogens is 366 g/mol. The van der Waals surface area contributed by atoms with Crippen LogP contribution in [0.1, 0.15) is 38.8 Å². The first-order valence-corrected chi connectivity index (χ1v) is 9.29. The average Bonchev–Trinajstić information content (AvgIpc) is 2.61. The minimum absolute atomic E-state index is 0.0568. The molecule has 0 aliphatic heterocycles. The standard InChI is InChI=1S/C21H26ClNO4/c1-14(2)27-19-9-8-16(12-20(19)25-4)15(3)23-21(24)10-11-26-18-7-5-6-17(22)13-18/h5-9,12-15H,10-11H2,1-4H3,(H,23,24). The van der Waals surface area contributed by atoms with Crippen molar-refractivity contribution in [3.63, 3.8) is 0 Å². The molecule has 27 heavy (non-hydrogen) atoms. The molecule has 5 nitrogen and oxygen atoms in total. The van der Waals surface area contributed by atoms with Crippen LogP contribution in [0.5, 0.6) is 17.2 Å². The second-order valence-electron chi connectivity index (χ2n) is 6.42. The number of methoxy groups -OCH3 is 1. The van der Waals surface area contributed by atoms with Crippen LogP contribution in [-0.2, 0) is 4.79 Å². The van der Waals surface area contributed by atoms with Crippen LogP contribution in [0.2, 0.25) is 5.02 Å². The Bertz CT molecular complexity index is 764. The fraction of sp³-hybridized carbons (Fsp3) is 0.381. The van der Waals surface area contributed by atoms with Gasteiger partial charge in [0.25, 0.3) is 0 Å². The summed E-state index contributed by atoms with van der Waals surface area (Å²) in [6.45, 7) is 6.13. The molecule has 146 valence electrons. The number of halogens is 1. The van der Waals surface area contributed by atoms with E-state index in [0.29, 0.717) is 22.3 Å². The Morgan fingerprint density at radius 2 is 1.89 bits per heavy atom. The van der Waals surface area contributed by atoms with Gasteiger partial charge in [0.1, 0.15) is 5.75 Å². The highest BCUT2D eigenvalue weighted by atomic mass is 35.5. The highest BCUT2D eigenvalue weighted by molar-refractivity contribution is 6.30. The number of hydrogen-bond acceptors (Lipinski definition) is 4. The van der Waals surface area contributed by atoms with Crippen molar-refractivity contribution in [3.8, 4) is 17.2 Å². The molecule has 0 bridgehead atoms. The number of ether oxygens (including phenoxy) is 3. The quantitative estimate of drug-likeness (QED) is 0.668. The molecule has 1 N–H and O–H groups in total. The molecule has 6 heteroatoms. The number of nitrogens with one attached hydrogen (secondary N) is 1. The molecular formula is C21H26ClNO4. The van der Waals surface area contributed by atoms with E-state index >= 15 is 0 Å². The van der Waals surface area contributed by atoms with Gasteiger partial charge in [-0.1, -0.05) is 23.7 Å². The number of carbonyl (C=O) groups excluding carboxylic acids is 1. The third-order valence-corrected chi connectivity index (χ3v) is 4.06. The van der Waals surface area contributed by atoms with Crippen LogP contribution in [0.15, 0.2) is 42.5 Å². The third-order valence-electron chi connectivity index (χ3n) is 3.82. The molecule has 2 rings (SSSR count). The topological polar surface area (TPSA) is 56.8 Å². The van der Waals surface area contributed by atoms with Crippen LogP contribution in [0.4, 0.5) is 0 Å². The van der Waals surface area contributed by atoms with Crippen molar-refractivity contribution in [2.24, 2.45) is 0 Å². The largest absolute Gasteiger partial charge is 0.493 e. The second kappa shape index (κ2) is 10.1. The summed E-state index contributed by atoms with van der Waals surface area (Å²) < 4.78 is 16.7. The Kier molecular flexibility index (Phi) is 7.80. The van der Waals surface area contributed by atoms with Gasteiger partial charge in [0.05, 0.1) is 32.3 Å². The van der Waals surface area contributed by atoms with Gasteiger partial charge in [-0.2, -0.15) is 0 Å². The van der Waals surface area contributed by atoms with E-state index in [1.54, 1.807) is 31.4 Å². The second-order valence-corrected chi connectivity index (χ2v) is 6.86. The van der Waals surface area contributed by atoms with Crippen LogP contribution >= 0.6 is 11.6 Å². The van der Waals surface area contributed by atoms with Crippen LogP contribution in [0, 0.1) is 0 Å². The smallest absolute Gasteiger partial charge is 0.223 e. The Balaban J connectivity index is 1.88. The predicted molar refractivity (Wildman–Crippen MR) is 107 cm³/mol. The number of hydrogen-bond donors (Lipinski definition) is 1. The van der Waals surface area contributed by atoms with Crippen LogP contribution in [-0.4, -0.2) is 25.7 Å². The molecule has 0 heterocycles. The maximum atomic E-state index is 12.2. The Hall–Kier alpha value is -2.40. The zero-order valence-electron chi connectivity index (χ0n) is 16.1. The molecule has 0 aliphatic rings. The maximum Gasteiger partial charge on any atom is 0.223 e. The fourth-order valence-corrected chi connectivity index (χ4v) is 2.70. The summed E-state index contributed by atoms with van der Waals surface area (Å²) in [4.78, 5) is 12.2. The van der Waals surface area contributed by atoms with Crippen molar-refractivity contribution in [2.45, 2.75) is 39.3 Å². The molecule has 0 fully saturated rings. The molecule has 0 saturated carbocycles. The van der Waals surface area contributed by atoms with Crippen molar-refractivity contribution < 1.29 is 19.0 Å². The molecule has 2 aromatic rings. The van der Waals surface area contributed by atoms with E-state index in [4.69, 9.17) is 25.8 Å². The molecule has 1 amide bonds. The molecule has 0 radical (unpaired) electrons. The third kappa shape index (κ3) is 6.68. The van der Waals surface area contributed by atoms with E-state index < -0.39 is 0 Å². The summed E-state index contributed by atoms with van der Waals surface area (Å²) >= 11 is 5.91. The summed E-state index contributed by atoms with van der Waals surface area (Å²) in [5.41, 5.74) is 0.937. The Labute approximate surface area is 165 Å². The van der Waals surface area contributed by atoms with Gasteiger partial charge in [-0.3, -0.25) is 4.79 Å². The lowest BCUT2D eigenvalue weighted by Crippen LogP contribution is -2.27. The van der Waals surface area contributed by atoms with Crippen molar-refractivity contribution in [2.75, 3.05) is 13.7 Å². The minimum Gasteiger partial charge on any atom is -0.493 e. The monoisotopic (exact) mass is 391 g/mol. The molecule has 0 saturated heterocycles. The Morgan fingerprint density at radius 3 is 2.56 bits per heavy atom. The van der Waals surface area contributed by atoms with E-state index in [2.05, 4.69) is 5.32 Å². The first-order chi connectivity index (χ1) is 12.9. The molecule has 1 unspecified atom stereocenters. The van der Waals surface area contributed by atoms with E-state index in [-0.39, 0.29) is 31.1 Å². The van der Waals surface area contributed by atoms with Gasteiger partial charge in [0.2, 0.25) is 5.91 Å². The zero-order chi connectivity index (χ0) is 19.8. The Morgan fingerprint density at radius 1 is 1.11 bits per heavy atom. The highest BCUT2D eigenvalue weighted by Gasteiger charge is 2.14. The lowest BCUT2D eigenvalue weighted by Gasteiger charge is -2.18. The number of rotatable bonds is 9. The predicted octanol–water partition coefficient (Wildman–Crippen LogP) is 4.78. The van der Waals surface area contributed by atoms with Gasteiger partial charge < -0.3 is 19.5 Å². The lowest BCUT2D eigenvalue weighted by atomic mass is 10.1. The van der Waals surface area contributed by atoms with Gasteiger partial charge in [0.15, 0.2) is 11.5 Å². The van der Waals surface area contributed by atoms with E-state index in [9.17, 15) is 4.79 Å². The normalized spacial score (nSPS) is 11.8.